The summed E-state index contributed by atoms with van der Waals surface area (Å²) in [5, 5.41) is 16.5. The summed E-state index contributed by atoms with van der Waals surface area (Å²) >= 11 is 5.74. The van der Waals surface area contributed by atoms with Crippen molar-refractivity contribution in [1.82, 2.24) is 25.9 Å². The predicted molar refractivity (Wildman–Crippen MR) is 87.5 cm³/mol. The number of aromatic nitrogens is 2. The average Bonchev–Trinajstić information content (AvgIpc) is 2.53. The van der Waals surface area contributed by atoms with Gasteiger partial charge in [-0.15, -0.1) is 0 Å². The molecule has 0 saturated carbocycles. The van der Waals surface area contributed by atoms with Crippen LogP contribution in [0.4, 0.5) is 11.6 Å². The quantitative estimate of drug-likeness (QED) is 0.206. The first-order valence-corrected chi connectivity index (χ1v) is 7.05. The number of nitriles is 1. The van der Waals surface area contributed by atoms with Gasteiger partial charge in [0.25, 0.3) is 5.91 Å². The maximum Gasteiger partial charge on any atom is 0.273 e. The number of carbonyl (C=O) groups excluding carboxylic acids is 1. The zero-order chi connectivity index (χ0) is 17.4. The number of nitrogens with one attached hydrogen (secondary N) is 3. The van der Waals surface area contributed by atoms with Gasteiger partial charge >= 0.3 is 0 Å². The third kappa shape index (κ3) is 5.15. The molecular formula is C12H18ClN9O. The molecule has 0 aliphatic rings. The largest absolute Gasteiger partial charge is 0.382 e. The second kappa shape index (κ2) is 8.60. The Kier molecular flexibility index (Phi) is 6.82. The molecule has 1 unspecified atom stereocenters. The van der Waals surface area contributed by atoms with Crippen LogP contribution in [-0.4, -0.2) is 41.5 Å². The number of rotatable bonds is 5. The Hall–Kier alpha value is -2.80. The Morgan fingerprint density at radius 2 is 2.13 bits per heavy atom. The Bertz CT molecular complexity index is 640. The van der Waals surface area contributed by atoms with Crippen LogP contribution in [0.3, 0.4) is 0 Å². The van der Waals surface area contributed by atoms with Crippen LogP contribution in [0, 0.1) is 11.5 Å². The molecule has 10 nitrogen and oxygen atoms in total. The lowest BCUT2D eigenvalue weighted by Crippen LogP contribution is -2.47. The van der Waals surface area contributed by atoms with Crippen molar-refractivity contribution in [3.05, 3.63) is 10.8 Å². The van der Waals surface area contributed by atoms with Crippen LogP contribution < -0.4 is 27.4 Å². The smallest absolute Gasteiger partial charge is 0.273 e. The minimum atomic E-state index is -0.527. The molecule has 1 aromatic heterocycles. The number of nitrogens with zero attached hydrogens (tertiary/aromatic N) is 4. The van der Waals surface area contributed by atoms with E-state index in [0.717, 1.165) is 0 Å². The third-order valence-electron chi connectivity index (χ3n) is 2.86. The van der Waals surface area contributed by atoms with Crippen LogP contribution in [0.1, 0.15) is 23.8 Å². The Morgan fingerprint density at radius 3 is 2.70 bits per heavy atom. The first-order valence-electron chi connectivity index (χ1n) is 6.68. The van der Waals surface area contributed by atoms with E-state index in [9.17, 15) is 4.79 Å². The van der Waals surface area contributed by atoms with Gasteiger partial charge in [-0.05, 0) is 6.42 Å². The van der Waals surface area contributed by atoms with Crippen LogP contribution >= 0.6 is 11.6 Å². The van der Waals surface area contributed by atoms with Crippen molar-refractivity contribution in [1.29, 1.82) is 5.26 Å². The summed E-state index contributed by atoms with van der Waals surface area (Å²) in [5.74, 6) is -0.364. The van der Waals surface area contributed by atoms with E-state index in [1.165, 1.54) is 7.05 Å². The molecule has 0 fully saturated rings. The molecule has 11 heteroatoms. The van der Waals surface area contributed by atoms with Gasteiger partial charge < -0.3 is 22.1 Å². The molecule has 0 spiro atoms. The molecule has 7 N–H and O–H groups in total. The number of hydrogen-bond acceptors (Lipinski definition) is 7. The molecule has 0 aliphatic carbocycles. The molecule has 0 aliphatic heterocycles. The number of aliphatic imine (C=N–C) groups is 1. The predicted octanol–water partition coefficient (Wildman–Crippen LogP) is -0.551. The van der Waals surface area contributed by atoms with E-state index in [0.29, 0.717) is 12.4 Å². The van der Waals surface area contributed by atoms with Gasteiger partial charge in [0.05, 0.1) is 0 Å². The van der Waals surface area contributed by atoms with E-state index in [2.05, 4.69) is 30.9 Å². The monoisotopic (exact) mass is 339 g/mol. The molecule has 1 atom stereocenters. The fourth-order valence-electron chi connectivity index (χ4n) is 1.61. The highest BCUT2D eigenvalue weighted by Crippen LogP contribution is 2.17. The molecule has 1 amide bonds. The number of halogens is 1. The van der Waals surface area contributed by atoms with Gasteiger partial charge in [-0.25, -0.2) is 9.97 Å². The van der Waals surface area contributed by atoms with Crippen LogP contribution in [0.5, 0.6) is 0 Å². The number of amides is 1. The van der Waals surface area contributed by atoms with Gasteiger partial charge in [-0.1, -0.05) is 18.5 Å². The molecule has 124 valence electrons. The molecule has 23 heavy (non-hydrogen) atoms. The lowest BCUT2D eigenvalue weighted by Gasteiger charge is -2.19. The third-order valence-corrected chi connectivity index (χ3v) is 3.14. The zero-order valence-electron chi connectivity index (χ0n) is 12.7. The van der Waals surface area contributed by atoms with Crippen molar-refractivity contribution >= 4 is 35.1 Å². The maximum absolute atomic E-state index is 12.1. The average molecular weight is 340 g/mol. The number of anilines is 2. The topological polar surface area (TPSA) is 167 Å². The number of carbonyl (C=O) groups is 1. The lowest BCUT2D eigenvalue weighted by atomic mass is 10.2. The van der Waals surface area contributed by atoms with E-state index in [1.807, 2.05) is 6.92 Å². The van der Waals surface area contributed by atoms with Crippen LogP contribution in [0.15, 0.2) is 4.99 Å². The first kappa shape index (κ1) is 18.2. The van der Waals surface area contributed by atoms with Crippen LogP contribution in [0.2, 0.25) is 5.15 Å². The number of guanidine groups is 1. The summed E-state index contributed by atoms with van der Waals surface area (Å²) in [7, 11) is 1.53. The number of nitrogens with two attached hydrogens (primary N) is 2. The fourth-order valence-corrected chi connectivity index (χ4v) is 1.74. The summed E-state index contributed by atoms with van der Waals surface area (Å²) in [6.07, 6.45) is 2.44. The molecular weight excluding hydrogens is 322 g/mol. The van der Waals surface area contributed by atoms with Crippen molar-refractivity contribution in [2.45, 2.75) is 19.4 Å². The van der Waals surface area contributed by atoms with E-state index in [-0.39, 0.29) is 35.1 Å². The SMILES string of the molecule is CCC(CNC(=O)c1nc(Cl)c(N)nc1N)NC(=NC)NC#N. The van der Waals surface area contributed by atoms with Crippen molar-refractivity contribution in [2.75, 3.05) is 25.1 Å². The highest BCUT2D eigenvalue weighted by atomic mass is 35.5. The number of nitrogen functional groups attached to an aromatic ring is 2. The highest BCUT2D eigenvalue weighted by Gasteiger charge is 2.17. The second-order valence-electron chi connectivity index (χ2n) is 4.40. The fraction of sp³-hybridized carbons (Fsp3) is 0.417. The van der Waals surface area contributed by atoms with Crippen LogP contribution in [0.25, 0.3) is 0 Å². The normalized spacial score (nSPS) is 12.2. The molecule has 1 aromatic rings. The first-order chi connectivity index (χ1) is 10.9. The van der Waals surface area contributed by atoms with Gasteiger partial charge in [-0.3, -0.25) is 15.1 Å². The summed E-state index contributed by atoms with van der Waals surface area (Å²) in [5.41, 5.74) is 11.0. The summed E-state index contributed by atoms with van der Waals surface area (Å²) in [4.78, 5) is 23.6. The maximum atomic E-state index is 12.1. The molecule has 1 heterocycles. The van der Waals surface area contributed by atoms with E-state index >= 15 is 0 Å². The van der Waals surface area contributed by atoms with Gasteiger partial charge in [0.15, 0.2) is 28.7 Å². The molecule has 0 bridgehead atoms. The minimum Gasteiger partial charge on any atom is -0.382 e. The van der Waals surface area contributed by atoms with E-state index in [4.69, 9.17) is 28.3 Å². The second-order valence-corrected chi connectivity index (χ2v) is 4.76. The molecule has 0 radical (unpaired) electrons. The van der Waals surface area contributed by atoms with Crippen molar-refractivity contribution in [2.24, 2.45) is 4.99 Å². The molecule has 1 rings (SSSR count). The standard InChI is InChI=1S/C12H18ClN9O/c1-3-6(20-12(17-2)19-5-14)4-18-11(23)7-9(15)22-10(16)8(13)21-7/h6H,3-4H2,1-2H3,(H,18,23)(H4,15,16,22)(H2,17,19,20). The summed E-state index contributed by atoms with van der Waals surface area (Å²) < 4.78 is 0. The van der Waals surface area contributed by atoms with Gasteiger partial charge in [0.2, 0.25) is 5.96 Å². The highest BCUT2D eigenvalue weighted by molar-refractivity contribution is 6.31. The van der Waals surface area contributed by atoms with Crippen LogP contribution in [-0.2, 0) is 0 Å². The van der Waals surface area contributed by atoms with E-state index < -0.39 is 5.91 Å². The van der Waals surface area contributed by atoms with Crippen molar-refractivity contribution in [3.63, 3.8) is 0 Å². The lowest BCUT2D eigenvalue weighted by molar-refractivity contribution is 0.0946. The van der Waals surface area contributed by atoms with Gasteiger partial charge in [-0.2, -0.15) is 5.26 Å². The Balaban J connectivity index is 2.71. The summed E-state index contributed by atoms with van der Waals surface area (Å²) in [6.45, 7) is 2.17. The van der Waals surface area contributed by atoms with Crippen molar-refractivity contribution < 1.29 is 4.79 Å². The number of hydrogen-bond donors (Lipinski definition) is 5. The van der Waals surface area contributed by atoms with Gasteiger partial charge in [0, 0.05) is 19.6 Å². The summed E-state index contributed by atoms with van der Waals surface area (Å²) in [6, 6.07) is -0.156. The van der Waals surface area contributed by atoms with E-state index in [1.54, 1.807) is 6.19 Å². The molecule has 0 aromatic carbocycles. The Labute approximate surface area is 138 Å². The Morgan fingerprint density at radius 1 is 1.43 bits per heavy atom. The zero-order valence-corrected chi connectivity index (χ0v) is 13.5. The van der Waals surface area contributed by atoms with Crippen molar-refractivity contribution in [3.8, 4) is 6.19 Å². The molecule has 0 saturated heterocycles. The minimum absolute atomic E-state index is 0.0415. The van der Waals surface area contributed by atoms with Gasteiger partial charge in [0.1, 0.15) is 0 Å².